The van der Waals surface area contributed by atoms with E-state index in [1.165, 1.54) is 6.07 Å². The number of aliphatic imine (C=N–C) groups is 1. The van der Waals surface area contributed by atoms with Crippen molar-refractivity contribution < 1.29 is 18.7 Å². The summed E-state index contributed by atoms with van der Waals surface area (Å²) in [6, 6.07) is 6.76. The Kier molecular flexibility index (Phi) is 8.90. The Morgan fingerprint density at radius 3 is 2.52 bits per heavy atom. The van der Waals surface area contributed by atoms with Gasteiger partial charge in [0.1, 0.15) is 5.82 Å². The van der Waals surface area contributed by atoms with Gasteiger partial charge in [0.05, 0.1) is 32.4 Å². The molecule has 0 aromatic heterocycles. The normalized spacial score (nSPS) is 19.3. The molecule has 9 heteroatoms. The lowest BCUT2D eigenvalue weighted by Crippen LogP contribution is -2.54. The summed E-state index contributed by atoms with van der Waals surface area (Å²) in [5, 5.41) is 3.37. The quantitative estimate of drug-likeness (QED) is 0.544. The maximum atomic E-state index is 13.9. The van der Waals surface area contributed by atoms with Crippen LogP contribution in [-0.2, 0) is 9.47 Å². The Morgan fingerprint density at radius 1 is 1.16 bits per heavy atom. The van der Waals surface area contributed by atoms with Crippen LogP contribution in [0.2, 0.25) is 0 Å². The van der Waals surface area contributed by atoms with Gasteiger partial charge < -0.3 is 24.6 Å². The molecule has 0 aliphatic carbocycles. The molecule has 0 spiro atoms. The predicted octanol–water partition coefficient (Wildman–Crippen LogP) is 1.94. The van der Waals surface area contributed by atoms with Gasteiger partial charge in [-0.15, -0.1) is 0 Å². The standard InChI is InChI=1S/C22H34FN5O3/c1-3-24-21(27-8-10-28(11-9-27)22(29)31-4-2)25-17-20(26-12-14-30-15-13-26)18-6-5-7-19(23)16-18/h5-7,16,20H,3-4,8-15,17H2,1-2H3,(H,24,25). The summed E-state index contributed by atoms with van der Waals surface area (Å²) in [6.07, 6.45) is -0.262. The van der Waals surface area contributed by atoms with Crippen molar-refractivity contribution in [3.63, 3.8) is 0 Å². The first-order valence-corrected chi connectivity index (χ1v) is 11.1. The third-order valence-corrected chi connectivity index (χ3v) is 5.57. The highest BCUT2D eigenvalue weighted by molar-refractivity contribution is 5.80. The fourth-order valence-corrected chi connectivity index (χ4v) is 3.95. The smallest absolute Gasteiger partial charge is 0.409 e. The van der Waals surface area contributed by atoms with Gasteiger partial charge in [-0.1, -0.05) is 12.1 Å². The molecule has 172 valence electrons. The van der Waals surface area contributed by atoms with Crippen molar-refractivity contribution >= 4 is 12.1 Å². The van der Waals surface area contributed by atoms with Crippen molar-refractivity contribution in [1.29, 1.82) is 0 Å². The number of guanidine groups is 1. The topological polar surface area (TPSA) is 69.6 Å². The highest BCUT2D eigenvalue weighted by atomic mass is 19.1. The van der Waals surface area contributed by atoms with E-state index in [-0.39, 0.29) is 18.0 Å². The summed E-state index contributed by atoms with van der Waals surface area (Å²) >= 11 is 0. The van der Waals surface area contributed by atoms with E-state index >= 15 is 0 Å². The molecule has 2 aliphatic heterocycles. The highest BCUT2D eigenvalue weighted by Crippen LogP contribution is 2.23. The molecule has 0 saturated carbocycles. The van der Waals surface area contributed by atoms with Crippen LogP contribution in [0.25, 0.3) is 0 Å². The molecule has 31 heavy (non-hydrogen) atoms. The number of nitrogens with zero attached hydrogens (tertiary/aromatic N) is 4. The lowest BCUT2D eigenvalue weighted by atomic mass is 10.0. The van der Waals surface area contributed by atoms with Gasteiger partial charge in [-0.05, 0) is 31.5 Å². The van der Waals surface area contributed by atoms with E-state index in [0.717, 1.165) is 31.2 Å². The molecule has 0 radical (unpaired) electrons. The first-order chi connectivity index (χ1) is 15.1. The molecule has 1 atom stereocenters. The average molecular weight is 436 g/mol. The van der Waals surface area contributed by atoms with Gasteiger partial charge in [-0.25, -0.2) is 9.18 Å². The number of carbonyl (C=O) groups is 1. The van der Waals surface area contributed by atoms with Gasteiger partial charge in [0, 0.05) is 45.8 Å². The summed E-state index contributed by atoms with van der Waals surface area (Å²) < 4.78 is 24.5. The van der Waals surface area contributed by atoms with Crippen LogP contribution >= 0.6 is 0 Å². The van der Waals surface area contributed by atoms with Crippen LogP contribution in [0.4, 0.5) is 9.18 Å². The van der Waals surface area contributed by atoms with Gasteiger partial charge in [-0.2, -0.15) is 0 Å². The van der Waals surface area contributed by atoms with Crippen LogP contribution < -0.4 is 5.32 Å². The minimum atomic E-state index is -0.262. The third-order valence-electron chi connectivity index (χ3n) is 5.57. The van der Waals surface area contributed by atoms with Crippen LogP contribution in [0.15, 0.2) is 29.3 Å². The minimum absolute atomic E-state index is 0.0194. The largest absolute Gasteiger partial charge is 0.450 e. The summed E-state index contributed by atoms with van der Waals surface area (Å²) in [5.74, 6) is 0.586. The molecule has 3 rings (SSSR count). The van der Waals surface area contributed by atoms with E-state index in [0.29, 0.717) is 52.5 Å². The van der Waals surface area contributed by atoms with E-state index in [1.807, 2.05) is 19.9 Å². The summed E-state index contributed by atoms with van der Waals surface area (Å²) in [4.78, 5) is 23.1. The zero-order chi connectivity index (χ0) is 22.1. The van der Waals surface area contributed by atoms with E-state index in [1.54, 1.807) is 17.0 Å². The second-order valence-corrected chi connectivity index (χ2v) is 7.59. The highest BCUT2D eigenvalue weighted by Gasteiger charge is 2.26. The van der Waals surface area contributed by atoms with Gasteiger partial charge >= 0.3 is 6.09 Å². The van der Waals surface area contributed by atoms with Crippen LogP contribution in [0.3, 0.4) is 0 Å². The molecule has 1 amide bonds. The predicted molar refractivity (Wildman–Crippen MR) is 118 cm³/mol. The summed E-state index contributed by atoms with van der Waals surface area (Å²) in [6.45, 7) is 11.0. The maximum absolute atomic E-state index is 13.9. The fraction of sp³-hybridized carbons (Fsp3) is 0.636. The van der Waals surface area contributed by atoms with Crippen LogP contribution in [0.5, 0.6) is 0 Å². The number of nitrogens with one attached hydrogen (secondary N) is 1. The van der Waals surface area contributed by atoms with Crippen molar-refractivity contribution in [2.45, 2.75) is 19.9 Å². The van der Waals surface area contributed by atoms with Crippen molar-refractivity contribution in [2.75, 3.05) is 72.2 Å². The molecule has 2 heterocycles. The molecule has 1 aromatic rings. The number of rotatable bonds is 6. The van der Waals surface area contributed by atoms with Gasteiger partial charge in [0.2, 0.25) is 0 Å². The molecule has 1 unspecified atom stereocenters. The number of piperazine rings is 1. The molecule has 8 nitrogen and oxygen atoms in total. The lowest BCUT2D eigenvalue weighted by molar-refractivity contribution is 0.0178. The van der Waals surface area contributed by atoms with Crippen molar-refractivity contribution in [2.24, 2.45) is 4.99 Å². The zero-order valence-electron chi connectivity index (χ0n) is 18.6. The third kappa shape index (κ3) is 6.54. The maximum Gasteiger partial charge on any atom is 0.409 e. The number of ether oxygens (including phenoxy) is 2. The Bertz CT molecular complexity index is 734. The molecule has 2 aliphatic rings. The molecule has 2 fully saturated rings. The van der Waals surface area contributed by atoms with E-state index < -0.39 is 0 Å². The Balaban J connectivity index is 1.71. The van der Waals surface area contributed by atoms with Crippen molar-refractivity contribution in [3.05, 3.63) is 35.6 Å². The number of benzene rings is 1. The monoisotopic (exact) mass is 435 g/mol. The first-order valence-electron chi connectivity index (χ1n) is 11.1. The SMILES string of the molecule is CCNC(=NCC(c1cccc(F)c1)N1CCOCC1)N1CCN(C(=O)OCC)CC1. The van der Waals surface area contributed by atoms with Gasteiger partial charge in [-0.3, -0.25) is 9.89 Å². The van der Waals surface area contributed by atoms with Crippen LogP contribution in [-0.4, -0.2) is 98.9 Å². The van der Waals surface area contributed by atoms with Crippen molar-refractivity contribution in [3.8, 4) is 0 Å². The number of hydrogen-bond acceptors (Lipinski definition) is 5. The number of amides is 1. The molecule has 1 N–H and O–H groups in total. The Hall–Kier alpha value is -2.39. The van der Waals surface area contributed by atoms with Gasteiger partial charge in [0.15, 0.2) is 5.96 Å². The number of morpholine rings is 1. The van der Waals surface area contributed by atoms with Gasteiger partial charge in [0.25, 0.3) is 0 Å². The first kappa shape index (κ1) is 23.3. The van der Waals surface area contributed by atoms with E-state index in [4.69, 9.17) is 14.5 Å². The number of hydrogen-bond donors (Lipinski definition) is 1. The molecular formula is C22H34FN5O3. The lowest BCUT2D eigenvalue weighted by Gasteiger charge is -2.37. The fourth-order valence-electron chi connectivity index (χ4n) is 3.95. The number of halogens is 1. The molecule has 2 saturated heterocycles. The Labute approximate surface area is 184 Å². The second-order valence-electron chi connectivity index (χ2n) is 7.59. The average Bonchev–Trinajstić information content (AvgIpc) is 2.79. The number of carbonyl (C=O) groups excluding carboxylic acids is 1. The summed E-state index contributed by atoms with van der Waals surface area (Å²) in [5.41, 5.74) is 0.925. The van der Waals surface area contributed by atoms with Crippen molar-refractivity contribution in [1.82, 2.24) is 20.0 Å². The molecular weight excluding hydrogens is 401 g/mol. The Morgan fingerprint density at radius 2 is 1.87 bits per heavy atom. The zero-order valence-corrected chi connectivity index (χ0v) is 18.6. The second kappa shape index (κ2) is 11.9. The summed E-state index contributed by atoms with van der Waals surface area (Å²) in [7, 11) is 0. The van der Waals surface area contributed by atoms with Crippen LogP contribution in [0.1, 0.15) is 25.5 Å². The molecule has 0 bridgehead atoms. The van der Waals surface area contributed by atoms with Crippen LogP contribution in [0, 0.1) is 5.82 Å². The molecule has 1 aromatic carbocycles. The van der Waals surface area contributed by atoms with E-state index in [2.05, 4.69) is 15.1 Å². The van der Waals surface area contributed by atoms with E-state index in [9.17, 15) is 9.18 Å². The minimum Gasteiger partial charge on any atom is -0.450 e.